The maximum atomic E-state index is 11.9. The third-order valence-corrected chi connectivity index (χ3v) is 20.7. The van der Waals surface area contributed by atoms with Crippen molar-refractivity contribution in [3.8, 4) is 0 Å². The Kier molecular flexibility index (Phi) is 9.43. The number of nitrogens with one attached hydrogen (secondary N) is 1. The lowest BCUT2D eigenvalue weighted by atomic mass is 9.32. The van der Waals surface area contributed by atoms with E-state index in [9.17, 15) is 28.2 Å². The van der Waals surface area contributed by atoms with Gasteiger partial charge in [0.15, 0.2) is 15.3 Å². The van der Waals surface area contributed by atoms with Gasteiger partial charge in [-0.15, -0.1) is 0 Å². The van der Waals surface area contributed by atoms with E-state index in [1.54, 1.807) is 0 Å². The quantitative estimate of drug-likeness (QED) is 0.115. The Labute approximate surface area is 331 Å². The van der Waals surface area contributed by atoms with Crippen molar-refractivity contribution in [2.75, 3.05) is 44.2 Å². The van der Waals surface area contributed by atoms with Crippen molar-refractivity contribution < 1.29 is 28.2 Å². The first-order valence-electron chi connectivity index (χ1n) is 21.9. The van der Waals surface area contributed by atoms with E-state index in [1.165, 1.54) is 68.1 Å². The Bertz CT molecular complexity index is 1780. The van der Waals surface area contributed by atoms with E-state index in [4.69, 9.17) is 0 Å². The maximum absolute atomic E-state index is 11.9. The second-order valence-electron chi connectivity index (χ2n) is 21.9. The first kappa shape index (κ1) is 39.8. The number of carbonyl (C=O) groups is 2. The minimum Gasteiger partial charge on any atom is -0.480 e. The molecule has 1 aliphatic heterocycles. The first-order valence-corrected chi connectivity index (χ1v) is 23.7. The van der Waals surface area contributed by atoms with Crippen molar-refractivity contribution >= 4 is 21.8 Å². The summed E-state index contributed by atoms with van der Waals surface area (Å²) in [5.74, 6) is 1.43. The molecule has 1 heterocycles. The number of allylic oxidation sites excluding steroid dienone is 5. The summed E-state index contributed by atoms with van der Waals surface area (Å²) in [5, 5.41) is 23.4. The van der Waals surface area contributed by atoms with Crippen molar-refractivity contribution in [1.82, 2.24) is 10.2 Å². The fourth-order valence-corrected chi connectivity index (χ4v) is 17.4. The van der Waals surface area contributed by atoms with E-state index in [2.05, 4.69) is 70.5 Å². The Hall–Kier alpha value is -1.97. The van der Waals surface area contributed by atoms with Gasteiger partial charge in [0.05, 0.1) is 11.5 Å². The minimum atomic E-state index is -2.84. The highest BCUT2D eigenvalue weighted by Crippen LogP contribution is 2.78. The van der Waals surface area contributed by atoms with E-state index in [-0.39, 0.29) is 39.9 Å². The summed E-state index contributed by atoms with van der Waals surface area (Å²) in [7, 11) is -2.84. The summed E-state index contributed by atoms with van der Waals surface area (Å²) >= 11 is 0. The molecule has 9 heteroatoms. The number of hydrogen-bond acceptors (Lipinski definition) is 6. The standard InChI is InChI=1S/C46H70N2O6S/c1-30(2)32-11-16-45(29-47-19-8-20-48-21-23-55(53,54)24-22-48)18-17-42(6)34(37(32)45)9-10-36-41(5)14-12-33(40(3,4)35(41)13-15-43(36,42)7)31-25-44(26-31)27-46(28-44,38(49)50)39(51)52/h12,25,32,34-37,47H,1,8-11,13-24,26-29H2,2-7H3,(H,49,50)(H,51,52)/t32-,34+,35-,36+,37+,41-,42+,43+,45+/m0/s1. The monoisotopic (exact) mass is 778 g/mol. The van der Waals surface area contributed by atoms with Crippen LogP contribution >= 0.6 is 0 Å². The fraction of sp³-hybridized carbons (Fsp3) is 0.826. The third kappa shape index (κ3) is 5.79. The summed E-state index contributed by atoms with van der Waals surface area (Å²) in [6, 6.07) is 0. The second kappa shape index (κ2) is 13.0. The van der Waals surface area contributed by atoms with Crippen LogP contribution < -0.4 is 5.32 Å². The van der Waals surface area contributed by atoms with Gasteiger partial charge in [0.1, 0.15) is 0 Å². The van der Waals surface area contributed by atoms with Crippen molar-refractivity contribution in [1.29, 1.82) is 0 Å². The van der Waals surface area contributed by atoms with Crippen LogP contribution in [0.4, 0.5) is 0 Å². The molecule has 5 saturated carbocycles. The van der Waals surface area contributed by atoms with Crippen molar-refractivity contribution in [3.63, 3.8) is 0 Å². The van der Waals surface area contributed by atoms with E-state index in [0.717, 1.165) is 38.9 Å². The molecule has 7 aliphatic carbocycles. The molecule has 8 rings (SSSR count). The molecule has 306 valence electrons. The number of fused-ring (bicyclic) bond motifs is 7. The van der Waals surface area contributed by atoms with Crippen molar-refractivity contribution in [3.05, 3.63) is 35.5 Å². The average molecular weight is 779 g/mol. The molecule has 8 aliphatic rings. The van der Waals surface area contributed by atoms with Crippen LogP contribution in [0.3, 0.4) is 0 Å². The molecule has 0 amide bonds. The number of hydrogen-bond donors (Lipinski definition) is 3. The zero-order valence-electron chi connectivity index (χ0n) is 34.8. The van der Waals surface area contributed by atoms with E-state index in [0.29, 0.717) is 59.6 Å². The largest absolute Gasteiger partial charge is 0.480 e. The molecule has 0 aromatic rings. The first-order chi connectivity index (χ1) is 25.7. The van der Waals surface area contributed by atoms with Crippen LogP contribution in [0.1, 0.15) is 125 Å². The second-order valence-corrected chi connectivity index (χ2v) is 24.2. The van der Waals surface area contributed by atoms with Gasteiger partial charge in [0.25, 0.3) is 0 Å². The molecule has 8 nitrogen and oxygen atoms in total. The van der Waals surface area contributed by atoms with E-state index in [1.807, 2.05) is 0 Å². The molecular weight excluding hydrogens is 709 g/mol. The summed E-state index contributed by atoms with van der Waals surface area (Å²) < 4.78 is 23.8. The summed E-state index contributed by atoms with van der Waals surface area (Å²) in [6.45, 7) is 24.3. The van der Waals surface area contributed by atoms with Crippen molar-refractivity contribution in [2.45, 2.75) is 125 Å². The van der Waals surface area contributed by atoms with Gasteiger partial charge in [-0.3, -0.25) is 9.59 Å². The zero-order valence-corrected chi connectivity index (χ0v) is 35.6. The van der Waals surface area contributed by atoms with Crippen LogP contribution in [0.25, 0.3) is 0 Å². The van der Waals surface area contributed by atoms with Gasteiger partial charge in [-0.2, -0.15) is 0 Å². The molecule has 1 saturated heterocycles. The van der Waals surface area contributed by atoms with Crippen molar-refractivity contribution in [2.24, 2.45) is 67.5 Å². The average Bonchev–Trinajstić information content (AvgIpc) is 3.45. The zero-order chi connectivity index (χ0) is 39.6. The number of carboxylic acids is 2. The molecule has 0 bridgehead atoms. The Morgan fingerprint density at radius 3 is 2.22 bits per heavy atom. The molecular formula is C46H70N2O6S. The molecule has 0 aromatic carbocycles. The highest BCUT2D eigenvalue weighted by molar-refractivity contribution is 7.91. The molecule has 9 atom stereocenters. The van der Waals surface area contributed by atoms with E-state index < -0.39 is 27.2 Å². The predicted octanol–water partition coefficient (Wildman–Crippen LogP) is 8.16. The number of carboxylic acid groups (broad SMARTS) is 2. The van der Waals surface area contributed by atoms with Gasteiger partial charge in [0, 0.05) is 19.6 Å². The minimum absolute atomic E-state index is 0.00947. The molecule has 1 spiro atoms. The smallest absolute Gasteiger partial charge is 0.321 e. The predicted molar refractivity (Wildman–Crippen MR) is 217 cm³/mol. The molecule has 0 unspecified atom stereocenters. The fourth-order valence-electron chi connectivity index (χ4n) is 16.1. The molecule has 6 fully saturated rings. The Balaban J connectivity index is 0.982. The topological polar surface area (TPSA) is 124 Å². The number of sulfone groups is 1. The molecule has 55 heavy (non-hydrogen) atoms. The highest BCUT2D eigenvalue weighted by Gasteiger charge is 2.71. The lowest BCUT2D eigenvalue weighted by Gasteiger charge is -2.72. The lowest BCUT2D eigenvalue weighted by molar-refractivity contribution is -0.226. The molecule has 0 radical (unpaired) electrons. The lowest BCUT2D eigenvalue weighted by Crippen LogP contribution is -2.66. The number of nitrogens with zero attached hydrogens (tertiary/aromatic N) is 1. The van der Waals surface area contributed by atoms with Crippen LogP contribution in [-0.2, 0) is 19.4 Å². The van der Waals surface area contributed by atoms with Gasteiger partial charge in [-0.25, -0.2) is 8.42 Å². The normalized spacial score (nSPS) is 43.3. The van der Waals surface area contributed by atoms with Gasteiger partial charge < -0.3 is 20.4 Å². The van der Waals surface area contributed by atoms with Crippen LogP contribution in [-0.4, -0.2) is 79.7 Å². The van der Waals surface area contributed by atoms with E-state index >= 15 is 0 Å². The highest BCUT2D eigenvalue weighted by atomic mass is 32.2. The Morgan fingerprint density at radius 2 is 1.58 bits per heavy atom. The molecule has 3 N–H and O–H groups in total. The summed E-state index contributed by atoms with van der Waals surface area (Å²) in [4.78, 5) is 26.1. The van der Waals surface area contributed by atoms with Gasteiger partial charge in [-0.1, -0.05) is 58.9 Å². The van der Waals surface area contributed by atoms with Crippen LogP contribution in [0, 0.1) is 67.5 Å². The van der Waals surface area contributed by atoms with Gasteiger partial charge in [-0.05, 0) is 177 Å². The maximum Gasteiger partial charge on any atom is 0.321 e. The SMILES string of the molecule is C=C(C)[C@@H]1CC[C@]2(CNCCCN3CCS(=O)(=O)CC3)CC[C@]3(C)[C@H](CC[C@@H]4[C@@]5(C)CC=C(C6=CC7(C6)CC(C(=O)O)(C(=O)O)C7)C(C)(C)[C@@H]5CC[C@]43C)[C@@H]12. The summed E-state index contributed by atoms with van der Waals surface area (Å²) in [5.41, 5.74) is 3.38. The number of aliphatic carboxylic acids is 2. The van der Waals surface area contributed by atoms with Gasteiger partial charge >= 0.3 is 11.9 Å². The van der Waals surface area contributed by atoms with Gasteiger partial charge in [0.2, 0.25) is 0 Å². The van der Waals surface area contributed by atoms with Crippen LogP contribution in [0.15, 0.2) is 35.5 Å². The van der Waals surface area contributed by atoms with Crippen LogP contribution in [0.2, 0.25) is 0 Å². The molecule has 0 aromatic heterocycles. The third-order valence-electron chi connectivity index (χ3n) is 19.1. The Morgan fingerprint density at radius 1 is 0.909 bits per heavy atom. The summed E-state index contributed by atoms with van der Waals surface area (Å²) in [6.07, 6.45) is 18.5. The van der Waals surface area contributed by atoms with Crippen LogP contribution in [0.5, 0.6) is 0 Å². The number of rotatable bonds is 10.